The molecule has 1 unspecified atom stereocenters. The molecule has 0 aliphatic carbocycles. The van der Waals surface area contributed by atoms with Crippen molar-refractivity contribution in [2.75, 3.05) is 19.7 Å². The first-order valence-corrected chi connectivity index (χ1v) is 7.27. The average Bonchev–Trinajstić information content (AvgIpc) is 2.45. The standard InChI is InChI=1S/C15H20N2O2S/c1-11-3-2-8-17(9-11)14(18)10-19-13-6-4-12(5-7-13)15(16)20/h4-7,11H,2-3,8-10H2,1H3,(H2,16,20). The van der Waals surface area contributed by atoms with Gasteiger partial charge in [-0.15, -0.1) is 0 Å². The van der Waals surface area contributed by atoms with E-state index in [0.29, 0.717) is 16.7 Å². The van der Waals surface area contributed by atoms with Crippen molar-refractivity contribution in [2.24, 2.45) is 11.7 Å². The molecule has 1 heterocycles. The van der Waals surface area contributed by atoms with Gasteiger partial charge in [-0.25, -0.2) is 0 Å². The number of carbonyl (C=O) groups excluding carboxylic acids is 1. The second-order valence-electron chi connectivity index (χ2n) is 5.26. The number of nitrogens with two attached hydrogens (primary N) is 1. The molecule has 20 heavy (non-hydrogen) atoms. The molecule has 1 aromatic carbocycles. The van der Waals surface area contributed by atoms with E-state index in [4.69, 9.17) is 22.7 Å². The molecule has 0 bridgehead atoms. The molecule has 1 aromatic rings. The van der Waals surface area contributed by atoms with Crippen LogP contribution in [-0.4, -0.2) is 35.5 Å². The van der Waals surface area contributed by atoms with Crippen LogP contribution >= 0.6 is 12.2 Å². The SMILES string of the molecule is CC1CCCN(C(=O)COc2ccc(C(N)=S)cc2)C1. The summed E-state index contributed by atoms with van der Waals surface area (Å²) in [5.74, 6) is 1.29. The molecule has 5 heteroatoms. The van der Waals surface area contributed by atoms with Crippen molar-refractivity contribution in [2.45, 2.75) is 19.8 Å². The van der Waals surface area contributed by atoms with E-state index in [0.717, 1.165) is 25.1 Å². The summed E-state index contributed by atoms with van der Waals surface area (Å²) in [6.45, 7) is 3.93. The van der Waals surface area contributed by atoms with E-state index >= 15 is 0 Å². The lowest BCUT2D eigenvalue weighted by atomic mass is 10.0. The van der Waals surface area contributed by atoms with Crippen LogP contribution in [-0.2, 0) is 4.79 Å². The summed E-state index contributed by atoms with van der Waals surface area (Å²) >= 11 is 4.88. The van der Waals surface area contributed by atoms with Gasteiger partial charge in [0.2, 0.25) is 0 Å². The Hall–Kier alpha value is -1.62. The second-order valence-corrected chi connectivity index (χ2v) is 5.70. The molecule has 1 fully saturated rings. The van der Waals surface area contributed by atoms with Gasteiger partial charge in [0.15, 0.2) is 6.61 Å². The number of ether oxygens (including phenoxy) is 1. The molecule has 0 spiro atoms. The Kier molecular flexibility index (Phi) is 4.95. The van der Waals surface area contributed by atoms with E-state index in [1.807, 2.05) is 4.90 Å². The fourth-order valence-corrected chi connectivity index (χ4v) is 2.50. The van der Waals surface area contributed by atoms with Gasteiger partial charge < -0.3 is 15.4 Å². The van der Waals surface area contributed by atoms with Crippen LogP contribution in [0.3, 0.4) is 0 Å². The molecule has 0 saturated carbocycles. The van der Waals surface area contributed by atoms with E-state index < -0.39 is 0 Å². The maximum atomic E-state index is 12.1. The predicted octanol–water partition coefficient (Wildman–Crippen LogP) is 1.96. The van der Waals surface area contributed by atoms with E-state index in [1.165, 1.54) is 6.42 Å². The van der Waals surface area contributed by atoms with Crippen molar-refractivity contribution < 1.29 is 9.53 Å². The quantitative estimate of drug-likeness (QED) is 0.862. The highest BCUT2D eigenvalue weighted by atomic mass is 32.1. The third-order valence-corrected chi connectivity index (χ3v) is 3.75. The molecular formula is C15H20N2O2S. The molecule has 2 rings (SSSR count). The monoisotopic (exact) mass is 292 g/mol. The Bertz CT molecular complexity index is 487. The Morgan fingerprint density at radius 1 is 1.45 bits per heavy atom. The first-order chi connectivity index (χ1) is 9.56. The van der Waals surface area contributed by atoms with Gasteiger partial charge in [-0.1, -0.05) is 19.1 Å². The van der Waals surface area contributed by atoms with Gasteiger partial charge in [-0.3, -0.25) is 4.79 Å². The van der Waals surface area contributed by atoms with Crippen LogP contribution in [0.5, 0.6) is 5.75 Å². The Morgan fingerprint density at radius 3 is 2.75 bits per heavy atom. The molecule has 2 N–H and O–H groups in total. The van der Waals surface area contributed by atoms with Gasteiger partial charge in [0.1, 0.15) is 10.7 Å². The molecule has 1 amide bonds. The van der Waals surface area contributed by atoms with Gasteiger partial charge in [0.05, 0.1) is 0 Å². The second kappa shape index (κ2) is 6.70. The lowest BCUT2D eigenvalue weighted by molar-refractivity contribution is -0.135. The van der Waals surface area contributed by atoms with Crippen molar-refractivity contribution in [3.8, 4) is 5.75 Å². The summed E-state index contributed by atoms with van der Waals surface area (Å²) in [5.41, 5.74) is 6.32. The largest absolute Gasteiger partial charge is 0.484 e. The predicted molar refractivity (Wildman–Crippen MR) is 82.8 cm³/mol. The Labute approximate surface area is 124 Å². The number of rotatable bonds is 4. The van der Waals surface area contributed by atoms with Crippen molar-refractivity contribution >= 4 is 23.1 Å². The Balaban J connectivity index is 1.85. The van der Waals surface area contributed by atoms with Crippen molar-refractivity contribution in [1.82, 2.24) is 4.90 Å². The summed E-state index contributed by atoms with van der Waals surface area (Å²) in [4.78, 5) is 14.3. The van der Waals surface area contributed by atoms with Gasteiger partial charge in [-0.05, 0) is 43.0 Å². The van der Waals surface area contributed by atoms with Crippen LogP contribution in [0.2, 0.25) is 0 Å². The minimum absolute atomic E-state index is 0.0509. The zero-order valence-electron chi connectivity index (χ0n) is 11.7. The van der Waals surface area contributed by atoms with E-state index in [1.54, 1.807) is 24.3 Å². The van der Waals surface area contributed by atoms with Crippen molar-refractivity contribution in [3.05, 3.63) is 29.8 Å². The summed E-state index contributed by atoms with van der Waals surface area (Å²) in [6.07, 6.45) is 2.28. The molecular weight excluding hydrogens is 272 g/mol. The van der Waals surface area contributed by atoms with Crippen LogP contribution < -0.4 is 10.5 Å². The van der Waals surface area contributed by atoms with Crippen LogP contribution in [0.1, 0.15) is 25.3 Å². The van der Waals surface area contributed by atoms with E-state index in [2.05, 4.69) is 6.92 Å². The van der Waals surface area contributed by atoms with Crippen LogP contribution in [0.15, 0.2) is 24.3 Å². The molecule has 4 nitrogen and oxygen atoms in total. The number of thiocarbonyl (C=S) groups is 1. The van der Waals surface area contributed by atoms with Gasteiger partial charge in [-0.2, -0.15) is 0 Å². The molecule has 1 saturated heterocycles. The third-order valence-electron chi connectivity index (χ3n) is 3.51. The number of carbonyl (C=O) groups is 1. The minimum Gasteiger partial charge on any atom is -0.484 e. The summed E-state index contributed by atoms with van der Waals surface area (Å²) in [5, 5.41) is 0. The molecule has 1 aliphatic rings. The van der Waals surface area contributed by atoms with Crippen LogP contribution in [0.4, 0.5) is 0 Å². The number of amides is 1. The van der Waals surface area contributed by atoms with Gasteiger partial charge in [0.25, 0.3) is 5.91 Å². The average molecular weight is 292 g/mol. The first-order valence-electron chi connectivity index (χ1n) is 6.86. The zero-order chi connectivity index (χ0) is 14.5. The summed E-state index contributed by atoms with van der Waals surface area (Å²) in [6, 6.07) is 7.15. The minimum atomic E-state index is 0.0509. The maximum absolute atomic E-state index is 12.1. The highest BCUT2D eigenvalue weighted by Gasteiger charge is 2.20. The lowest BCUT2D eigenvalue weighted by Gasteiger charge is -2.30. The topological polar surface area (TPSA) is 55.6 Å². The fraction of sp³-hybridized carbons (Fsp3) is 0.467. The summed E-state index contributed by atoms with van der Waals surface area (Å²) in [7, 11) is 0. The molecule has 0 aromatic heterocycles. The Morgan fingerprint density at radius 2 is 2.15 bits per heavy atom. The third kappa shape index (κ3) is 3.93. The van der Waals surface area contributed by atoms with E-state index in [9.17, 15) is 4.79 Å². The van der Waals surface area contributed by atoms with Crippen molar-refractivity contribution in [1.29, 1.82) is 0 Å². The van der Waals surface area contributed by atoms with Crippen molar-refractivity contribution in [3.63, 3.8) is 0 Å². The number of hydrogen-bond donors (Lipinski definition) is 1. The highest BCUT2D eigenvalue weighted by molar-refractivity contribution is 7.80. The normalized spacial score (nSPS) is 18.6. The van der Waals surface area contributed by atoms with Gasteiger partial charge >= 0.3 is 0 Å². The smallest absolute Gasteiger partial charge is 0.260 e. The maximum Gasteiger partial charge on any atom is 0.260 e. The number of piperidine rings is 1. The number of benzene rings is 1. The lowest BCUT2D eigenvalue weighted by Crippen LogP contribution is -2.41. The van der Waals surface area contributed by atoms with Crippen LogP contribution in [0.25, 0.3) is 0 Å². The first kappa shape index (κ1) is 14.8. The van der Waals surface area contributed by atoms with Crippen LogP contribution in [0, 0.1) is 5.92 Å². The van der Waals surface area contributed by atoms with E-state index in [-0.39, 0.29) is 12.5 Å². The molecule has 0 radical (unpaired) electrons. The number of likely N-dealkylation sites (tertiary alicyclic amines) is 1. The fourth-order valence-electron chi connectivity index (χ4n) is 2.37. The van der Waals surface area contributed by atoms with Gasteiger partial charge in [0, 0.05) is 18.7 Å². The molecule has 1 atom stereocenters. The highest BCUT2D eigenvalue weighted by Crippen LogP contribution is 2.16. The molecule has 1 aliphatic heterocycles. The number of nitrogens with zero attached hydrogens (tertiary/aromatic N) is 1. The number of hydrogen-bond acceptors (Lipinski definition) is 3. The zero-order valence-corrected chi connectivity index (χ0v) is 12.5. The summed E-state index contributed by atoms with van der Waals surface area (Å²) < 4.78 is 5.52. The molecule has 108 valence electrons.